The first-order valence-electron chi connectivity index (χ1n) is 4.37. The maximum absolute atomic E-state index is 5.38. The Bertz CT molecular complexity index is 147. The van der Waals surface area contributed by atoms with Crippen LogP contribution in [0.4, 0.5) is 0 Å². The molecule has 0 aliphatic carbocycles. The Hall–Kier alpha value is -0.420. The molecule has 0 aromatic rings. The van der Waals surface area contributed by atoms with Crippen molar-refractivity contribution in [2.75, 3.05) is 14.2 Å². The molecule has 0 saturated heterocycles. The molecule has 4 nitrogen and oxygen atoms in total. The van der Waals surface area contributed by atoms with Crippen molar-refractivity contribution in [1.29, 1.82) is 0 Å². The van der Waals surface area contributed by atoms with Crippen LogP contribution in [0.3, 0.4) is 0 Å². The third-order valence-corrected chi connectivity index (χ3v) is 2.02. The Morgan fingerprint density at radius 3 is 2.31 bits per heavy atom. The van der Waals surface area contributed by atoms with Crippen molar-refractivity contribution in [1.82, 2.24) is 5.43 Å². The largest absolute Gasteiger partial charge is 0.354 e. The topological polar surface area (TPSA) is 56.5 Å². The van der Waals surface area contributed by atoms with E-state index < -0.39 is 0 Å². The van der Waals surface area contributed by atoms with Crippen LogP contribution in [-0.4, -0.2) is 26.6 Å². The Balaban J connectivity index is 4.06. The van der Waals surface area contributed by atoms with Crippen molar-refractivity contribution >= 4 is 0 Å². The van der Waals surface area contributed by atoms with Gasteiger partial charge in [0.25, 0.3) is 0 Å². The molecule has 1 atom stereocenters. The van der Waals surface area contributed by atoms with Crippen molar-refractivity contribution in [3.05, 3.63) is 12.2 Å². The van der Waals surface area contributed by atoms with Crippen LogP contribution in [0.1, 0.15) is 19.8 Å². The second-order valence-electron chi connectivity index (χ2n) is 2.92. The van der Waals surface area contributed by atoms with E-state index in [0.717, 1.165) is 18.4 Å². The number of nitrogens with one attached hydrogen (secondary N) is 1. The summed E-state index contributed by atoms with van der Waals surface area (Å²) in [5.41, 5.74) is 3.79. The molecule has 0 aromatic heterocycles. The van der Waals surface area contributed by atoms with Gasteiger partial charge < -0.3 is 9.47 Å². The summed E-state index contributed by atoms with van der Waals surface area (Å²) in [5, 5.41) is 0. The van der Waals surface area contributed by atoms with E-state index in [4.69, 9.17) is 15.3 Å². The van der Waals surface area contributed by atoms with Gasteiger partial charge in [0.05, 0.1) is 6.04 Å². The van der Waals surface area contributed by atoms with Crippen molar-refractivity contribution in [3.63, 3.8) is 0 Å². The van der Waals surface area contributed by atoms with E-state index in [1.165, 1.54) is 0 Å². The highest BCUT2D eigenvalue weighted by molar-refractivity contribution is 4.96. The van der Waals surface area contributed by atoms with Gasteiger partial charge in [0.15, 0.2) is 6.29 Å². The summed E-state index contributed by atoms with van der Waals surface area (Å²) in [6.07, 6.45) is 1.38. The molecule has 0 amide bonds. The number of hydrogen-bond acceptors (Lipinski definition) is 4. The summed E-state index contributed by atoms with van der Waals surface area (Å²) < 4.78 is 10.2. The normalized spacial score (nSPS) is 13.3. The lowest BCUT2D eigenvalue weighted by Crippen LogP contribution is -2.45. The Morgan fingerprint density at radius 1 is 1.46 bits per heavy atom. The van der Waals surface area contributed by atoms with Gasteiger partial charge in [-0.15, -0.1) is 0 Å². The number of hydrazine groups is 1. The second kappa shape index (κ2) is 7.03. The molecule has 0 aliphatic rings. The Kier molecular flexibility index (Phi) is 6.80. The first-order valence-corrected chi connectivity index (χ1v) is 4.37. The van der Waals surface area contributed by atoms with Gasteiger partial charge in [0.1, 0.15) is 0 Å². The summed E-state index contributed by atoms with van der Waals surface area (Å²) in [4.78, 5) is 0. The van der Waals surface area contributed by atoms with Crippen molar-refractivity contribution in [3.8, 4) is 0 Å². The van der Waals surface area contributed by atoms with E-state index in [1.807, 2.05) is 0 Å². The summed E-state index contributed by atoms with van der Waals surface area (Å²) in [7, 11) is 3.18. The quantitative estimate of drug-likeness (QED) is 0.268. The predicted octanol–water partition coefficient (Wildman–Crippen LogP) is 0.794. The molecular formula is C9H20N2O2. The zero-order chi connectivity index (χ0) is 10.3. The zero-order valence-electron chi connectivity index (χ0n) is 8.67. The van der Waals surface area contributed by atoms with Crippen LogP contribution in [0.5, 0.6) is 0 Å². The smallest absolute Gasteiger partial charge is 0.173 e. The number of rotatable bonds is 7. The van der Waals surface area contributed by atoms with Crippen LogP contribution in [0.15, 0.2) is 12.2 Å². The first-order chi connectivity index (χ1) is 6.19. The number of ether oxygens (including phenoxy) is 2. The van der Waals surface area contributed by atoms with Gasteiger partial charge in [-0.1, -0.05) is 19.1 Å². The third-order valence-electron chi connectivity index (χ3n) is 2.02. The fourth-order valence-corrected chi connectivity index (χ4v) is 1.11. The predicted molar refractivity (Wildman–Crippen MR) is 53.0 cm³/mol. The van der Waals surface area contributed by atoms with Crippen LogP contribution in [-0.2, 0) is 9.47 Å². The van der Waals surface area contributed by atoms with E-state index in [9.17, 15) is 0 Å². The monoisotopic (exact) mass is 188 g/mol. The Labute approximate surface area is 80.1 Å². The van der Waals surface area contributed by atoms with Gasteiger partial charge in [-0.2, -0.15) is 0 Å². The van der Waals surface area contributed by atoms with E-state index in [1.54, 1.807) is 14.2 Å². The molecule has 0 aliphatic heterocycles. The van der Waals surface area contributed by atoms with Crippen molar-refractivity contribution in [2.24, 2.45) is 5.84 Å². The highest BCUT2D eigenvalue weighted by Gasteiger charge is 2.19. The molecule has 0 heterocycles. The van der Waals surface area contributed by atoms with Crippen LogP contribution < -0.4 is 11.3 Å². The molecule has 0 aromatic carbocycles. The van der Waals surface area contributed by atoms with Gasteiger partial charge in [0.2, 0.25) is 0 Å². The van der Waals surface area contributed by atoms with Crippen molar-refractivity contribution in [2.45, 2.75) is 32.1 Å². The lowest BCUT2D eigenvalue weighted by molar-refractivity contribution is -0.122. The third kappa shape index (κ3) is 4.38. The highest BCUT2D eigenvalue weighted by atomic mass is 16.7. The maximum Gasteiger partial charge on any atom is 0.173 e. The fraction of sp³-hybridized carbons (Fsp3) is 0.778. The maximum atomic E-state index is 5.38. The lowest BCUT2D eigenvalue weighted by atomic mass is 10.1. The molecule has 0 spiro atoms. The van der Waals surface area contributed by atoms with Gasteiger partial charge in [0, 0.05) is 14.2 Å². The van der Waals surface area contributed by atoms with Gasteiger partial charge >= 0.3 is 0 Å². The van der Waals surface area contributed by atoms with Crippen LogP contribution in [0.2, 0.25) is 0 Å². The van der Waals surface area contributed by atoms with Gasteiger partial charge in [-0.3, -0.25) is 11.3 Å². The minimum Gasteiger partial charge on any atom is -0.354 e. The van der Waals surface area contributed by atoms with E-state index in [2.05, 4.69) is 18.9 Å². The molecule has 0 rings (SSSR count). The summed E-state index contributed by atoms with van der Waals surface area (Å²) in [6, 6.07) is -0.0394. The van der Waals surface area contributed by atoms with Crippen LogP contribution in [0, 0.1) is 0 Å². The number of nitrogens with two attached hydrogens (primary N) is 1. The van der Waals surface area contributed by atoms with Crippen LogP contribution in [0.25, 0.3) is 0 Å². The van der Waals surface area contributed by atoms with E-state index in [-0.39, 0.29) is 12.3 Å². The molecule has 0 saturated carbocycles. The van der Waals surface area contributed by atoms with Crippen LogP contribution >= 0.6 is 0 Å². The Morgan fingerprint density at radius 2 is 2.00 bits per heavy atom. The number of methoxy groups -OCH3 is 2. The van der Waals surface area contributed by atoms with Gasteiger partial charge in [-0.05, 0) is 12.8 Å². The lowest BCUT2D eigenvalue weighted by Gasteiger charge is -2.24. The average molecular weight is 188 g/mol. The highest BCUT2D eigenvalue weighted by Crippen LogP contribution is 2.11. The molecule has 0 radical (unpaired) electrons. The SMILES string of the molecule is C=C(CC)CC(NN)C(OC)OC. The molecule has 0 fully saturated rings. The molecule has 3 N–H and O–H groups in total. The van der Waals surface area contributed by atoms with Gasteiger partial charge in [-0.25, -0.2) is 0 Å². The molecule has 4 heteroatoms. The second-order valence-corrected chi connectivity index (χ2v) is 2.92. The molecule has 0 bridgehead atoms. The minimum atomic E-state index is -0.326. The molecule has 1 unspecified atom stereocenters. The van der Waals surface area contributed by atoms with E-state index >= 15 is 0 Å². The molecular weight excluding hydrogens is 168 g/mol. The molecule has 78 valence electrons. The minimum absolute atomic E-state index is 0.0394. The average Bonchev–Trinajstić information content (AvgIpc) is 2.17. The first kappa shape index (κ1) is 12.6. The van der Waals surface area contributed by atoms with E-state index in [0.29, 0.717) is 0 Å². The standard InChI is InChI=1S/C9H20N2O2/c1-5-7(2)6-8(11-10)9(12-3)13-4/h8-9,11H,2,5-6,10H2,1,3-4H3. The fourth-order valence-electron chi connectivity index (χ4n) is 1.11. The van der Waals surface area contributed by atoms with Crippen molar-refractivity contribution < 1.29 is 9.47 Å². The zero-order valence-corrected chi connectivity index (χ0v) is 8.67. The summed E-state index contributed by atoms with van der Waals surface area (Å²) >= 11 is 0. The summed E-state index contributed by atoms with van der Waals surface area (Å²) in [5.74, 6) is 5.38. The number of hydrogen-bond donors (Lipinski definition) is 2. The molecule has 13 heavy (non-hydrogen) atoms. The summed E-state index contributed by atoms with van der Waals surface area (Å²) in [6.45, 7) is 5.97.